The molecule has 0 aliphatic rings. The zero-order valence-corrected chi connectivity index (χ0v) is 15.5. The molecule has 0 bridgehead atoms. The number of halogens is 2. The van der Waals surface area contributed by atoms with Gasteiger partial charge in [0.15, 0.2) is 11.5 Å². The van der Waals surface area contributed by atoms with Crippen molar-refractivity contribution in [3.63, 3.8) is 0 Å². The number of methoxy groups -OCH3 is 1. The minimum Gasteiger partial charge on any atom is -0.493 e. The molecule has 2 aromatic carbocycles. The number of carbonyl (C=O) groups is 1. The Hall–Kier alpha value is -2.17. The lowest BCUT2D eigenvalue weighted by Gasteiger charge is -2.10. The molecule has 25 heavy (non-hydrogen) atoms. The van der Waals surface area contributed by atoms with Crippen molar-refractivity contribution in [2.24, 2.45) is 0 Å². The molecule has 1 N–H and O–H groups in total. The van der Waals surface area contributed by atoms with Crippen LogP contribution in [0.5, 0.6) is 11.5 Å². The average Bonchev–Trinajstić information content (AvgIpc) is 2.57. The number of benzene rings is 2. The summed E-state index contributed by atoms with van der Waals surface area (Å²) in [4.78, 5) is 12.0. The highest BCUT2D eigenvalue weighted by Crippen LogP contribution is 2.28. The molecule has 0 saturated heterocycles. The van der Waals surface area contributed by atoms with Crippen LogP contribution in [0.25, 0.3) is 6.08 Å². The summed E-state index contributed by atoms with van der Waals surface area (Å²) in [5.41, 5.74) is 1.35. The maximum absolute atomic E-state index is 12.0. The van der Waals surface area contributed by atoms with Gasteiger partial charge in [0.1, 0.15) is 0 Å². The minimum absolute atomic E-state index is 0.288. The van der Waals surface area contributed by atoms with Gasteiger partial charge in [0.05, 0.1) is 13.7 Å². The van der Waals surface area contributed by atoms with Crippen molar-refractivity contribution < 1.29 is 14.3 Å². The van der Waals surface area contributed by atoms with Crippen molar-refractivity contribution in [3.8, 4) is 11.5 Å². The number of carbonyl (C=O) groups excluding carboxylic acids is 1. The first-order valence-corrected chi connectivity index (χ1v) is 8.53. The molecule has 0 radical (unpaired) electrons. The molecular formula is C19H19Cl2NO3. The van der Waals surface area contributed by atoms with E-state index in [2.05, 4.69) is 5.32 Å². The van der Waals surface area contributed by atoms with Gasteiger partial charge in [-0.15, -0.1) is 0 Å². The molecule has 132 valence electrons. The Balaban J connectivity index is 2.06. The molecule has 0 unspecified atom stereocenters. The molecule has 2 aromatic rings. The number of anilines is 1. The fourth-order valence-corrected chi connectivity index (χ4v) is 2.63. The van der Waals surface area contributed by atoms with Crippen molar-refractivity contribution in [2.45, 2.75) is 13.3 Å². The summed E-state index contributed by atoms with van der Waals surface area (Å²) in [6.45, 7) is 2.66. The Morgan fingerprint density at radius 1 is 1.12 bits per heavy atom. The van der Waals surface area contributed by atoms with Gasteiger partial charge in [-0.1, -0.05) is 36.2 Å². The molecule has 0 saturated carbocycles. The van der Waals surface area contributed by atoms with Gasteiger partial charge >= 0.3 is 0 Å². The van der Waals surface area contributed by atoms with Gasteiger partial charge in [0, 0.05) is 21.8 Å². The second-order valence-electron chi connectivity index (χ2n) is 5.24. The molecule has 2 rings (SSSR count). The van der Waals surface area contributed by atoms with Gasteiger partial charge in [0.2, 0.25) is 5.91 Å². The number of rotatable bonds is 7. The molecule has 0 fully saturated rings. The third-order valence-electron chi connectivity index (χ3n) is 3.21. The topological polar surface area (TPSA) is 47.6 Å². The van der Waals surface area contributed by atoms with Crippen LogP contribution in [0, 0.1) is 0 Å². The predicted molar refractivity (Wildman–Crippen MR) is 103 cm³/mol. The highest BCUT2D eigenvalue weighted by Gasteiger charge is 2.05. The molecule has 1 amide bonds. The summed E-state index contributed by atoms with van der Waals surface area (Å²) >= 11 is 11.8. The smallest absolute Gasteiger partial charge is 0.248 e. The second-order valence-corrected chi connectivity index (χ2v) is 6.11. The maximum atomic E-state index is 12.0. The Morgan fingerprint density at radius 3 is 2.48 bits per heavy atom. The molecule has 0 heterocycles. The van der Waals surface area contributed by atoms with Gasteiger partial charge in [0.25, 0.3) is 0 Å². The van der Waals surface area contributed by atoms with Crippen molar-refractivity contribution in [3.05, 3.63) is 58.1 Å². The van der Waals surface area contributed by atoms with Gasteiger partial charge in [-0.2, -0.15) is 0 Å². The van der Waals surface area contributed by atoms with Crippen LogP contribution >= 0.6 is 23.2 Å². The first-order chi connectivity index (χ1) is 12.0. The zero-order valence-electron chi connectivity index (χ0n) is 14.0. The van der Waals surface area contributed by atoms with Crippen LogP contribution < -0.4 is 14.8 Å². The number of hydrogen-bond acceptors (Lipinski definition) is 3. The Labute approximate surface area is 157 Å². The van der Waals surface area contributed by atoms with Crippen molar-refractivity contribution >= 4 is 40.9 Å². The van der Waals surface area contributed by atoms with Crippen LogP contribution in [-0.2, 0) is 4.79 Å². The van der Waals surface area contributed by atoms with E-state index in [0.29, 0.717) is 33.8 Å². The Kier molecular flexibility index (Phi) is 7.16. The lowest BCUT2D eigenvalue weighted by atomic mass is 10.2. The molecule has 6 heteroatoms. The van der Waals surface area contributed by atoms with E-state index in [1.807, 2.05) is 25.1 Å². The molecular weight excluding hydrogens is 361 g/mol. The summed E-state index contributed by atoms with van der Waals surface area (Å²) in [7, 11) is 1.58. The normalized spacial score (nSPS) is 10.7. The van der Waals surface area contributed by atoms with E-state index in [1.165, 1.54) is 6.08 Å². The number of hydrogen-bond donors (Lipinski definition) is 1. The van der Waals surface area contributed by atoms with Crippen LogP contribution in [-0.4, -0.2) is 19.6 Å². The first kappa shape index (κ1) is 19.2. The largest absolute Gasteiger partial charge is 0.493 e. The Bertz CT molecular complexity index is 755. The van der Waals surface area contributed by atoms with Crippen LogP contribution in [0.3, 0.4) is 0 Å². The monoisotopic (exact) mass is 379 g/mol. The van der Waals surface area contributed by atoms with Crippen LogP contribution in [0.1, 0.15) is 18.9 Å². The number of amides is 1. The van der Waals surface area contributed by atoms with E-state index in [1.54, 1.807) is 31.4 Å². The highest BCUT2D eigenvalue weighted by atomic mass is 35.5. The lowest BCUT2D eigenvalue weighted by molar-refractivity contribution is -0.111. The molecule has 0 aliphatic heterocycles. The molecule has 4 nitrogen and oxygen atoms in total. The predicted octanol–water partition coefficient (Wildman–Crippen LogP) is 5.44. The van der Waals surface area contributed by atoms with E-state index in [0.717, 1.165) is 12.0 Å². The standard InChI is InChI=1S/C19H19Cl2NO3/c1-3-8-25-17-6-4-13(9-18(17)24-2)5-7-19(23)22-16-11-14(20)10-15(21)12-16/h4-7,9-12H,3,8H2,1-2H3,(H,22,23)/b7-5+. The maximum Gasteiger partial charge on any atom is 0.248 e. The zero-order chi connectivity index (χ0) is 18.2. The average molecular weight is 380 g/mol. The molecule has 0 aromatic heterocycles. The number of nitrogens with one attached hydrogen (secondary N) is 1. The third-order valence-corrected chi connectivity index (χ3v) is 3.64. The third kappa shape index (κ3) is 6.00. The number of ether oxygens (including phenoxy) is 2. The van der Waals surface area contributed by atoms with Crippen LogP contribution in [0.15, 0.2) is 42.5 Å². The van der Waals surface area contributed by atoms with Crippen molar-refractivity contribution in [1.29, 1.82) is 0 Å². The summed E-state index contributed by atoms with van der Waals surface area (Å²) < 4.78 is 10.9. The highest BCUT2D eigenvalue weighted by molar-refractivity contribution is 6.35. The van der Waals surface area contributed by atoms with Crippen LogP contribution in [0.2, 0.25) is 10.0 Å². The van der Waals surface area contributed by atoms with E-state index in [4.69, 9.17) is 32.7 Å². The second kappa shape index (κ2) is 9.35. The van der Waals surface area contributed by atoms with Gasteiger partial charge in [-0.05, 0) is 48.4 Å². The lowest BCUT2D eigenvalue weighted by Crippen LogP contribution is -2.07. The molecule has 0 spiro atoms. The van der Waals surface area contributed by atoms with Gasteiger partial charge < -0.3 is 14.8 Å². The van der Waals surface area contributed by atoms with E-state index in [9.17, 15) is 4.79 Å². The van der Waals surface area contributed by atoms with E-state index in [-0.39, 0.29) is 5.91 Å². The summed E-state index contributed by atoms with van der Waals surface area (Å²) in [5, 5.41) is 3.63. The van der Waals surface area contributed by atoms with E-state index >= 15 is 0 Å². The SMILES string of the molecule is CCCOc1ccc(/C=C/C(=O)Nc2cc(Cl)cc(Cl)c2)cc1OC. The molecule has 0 atom stereocenters. The van der Waals surface area contributed by atoms with E-state index < -0.39 is 0 Å². The molecule has 0 aliphatic carbocycles. The van der Waals surface area contributed by atoms with Crippen LogP contribution in [0.4, 0.5) is 5.69 Å². The Morgan fingerprint density at radius 2 is 1.84 bits per heavy atom. The fourth-order valence-electron chi connectivity index (χ4n) is 2.10. The summed E-state index contributed by atoms with van der Waals surface area (Å²) in [6.07, 6.45) is 4.03. The van der Waals surface area contributed by atoms with Crippen molar-refractivity contribution in [2.75, 3.05) is 19.0 Å². The first-order valence-electron chi connectivity index (χ1n) is 7.78. The van der Waals surface area contributed by atoms with Gasteiger partial charge in [-0.3, -0.25) is 4.79 Å². The summed E-state index contributed by atoms with van der Waals surface area (Å²) in [6, 6.07) is 10.3. The minimum atomic E-state index is -0.288. The van der Waals surface area contributed by atoms with Crippen molar-refractivity contribution in [1.82, 2.24) is 0 Å². The van der Waals surface area contributed by atoms with Gasteiger partial charge in [-0.25, -0.2) is 0 Å². The quantitative estimate of drug-likeness (QED) is 0.651. The fraction of sp³-hybridized carbons (Fsp3) is 0.211. The summed E-state index contributed by atoms with van der Waals surface area (Å²) in [5.74, 6) is 1.01.